The molecule has 0 bridgehead atoms. The number of aryl methyl sites for hydroxylation is 1. The van der Waals surface area contributed by atoms with Crippen molar-refractivity contribution in [3.63, 3.8) is 0 Å². The maximum atomic E-state index is 12.5. The van der Waals surface area contributed by atoms with Crippen molar-refractivity contribution < 1.29 is 14.1 Å². The number of hydrogen-bond acceptors (Lipinski definition) is 6. The van der Waals surface area contributed by atoms with E-state index >= 15 is 0 Å². The third-order valence-corrected chi connectivity index (χ3v) is 5.62. The second kappa shape index (κ2) is 6.45. The zero-order valence-corrected chi connectivity index (χ0v) is 16.2. The van der Waals surface area contributed by atoms with Gasteiger partial charge in [0.05, 0.1) is 10.2 Å². The highest BCUT2D eigenvalue weighted by Gasteiger charge is 2.21. The van der Waals surface area contributed by atoms with Gasteiger partial charge < -0.3 is 9.26 Å². The van der Waals surface area contributed by atoms with E-state index in [0.717, 1.165) is 39.1 Å². The Labute approximate surface area is 165 Å². The van der Waals surface area contributed by atoms with Gasteiger partial charge in [-0.05, 0) is 55.3 Å². The Balaban J connectivity index is 1.36. The lowest BCUT2D eigenvalue weighted by molar-refractivity contribution is 0.101. The van der Waals surface area contributed by atoms with Crippen molar-refractivity contribution >= 4 is 32.6 Å². The van der Waals surface area contributed by atoms with Gasteiger partial charge in [0.1, 0.15) is 11.9 Å². The fourth-order valence-electron chi connectivity index (χ4n) is 3.34. The molecule has 4 aromatic rings. The van der Waals surface area contributed by atoms with Gasteiger partial charge in [0.25, 0.3) is 5.91 Å². The number of carbonyl (C=O) groups is 1. The molecule has 140 valence electrons. The SMILES string of the molecule is Cc1ccc2nc(NC(=O)c3cc(-c4ccc5c(c4)CC(C)O5)on3)sc2c1. The van der Waals surface area contributed by atoms with E-state index in [9.17, 15) is 4.79 Å². The van der Waals surface area contributed by atoms with Crippen molar-refractivity contribution in [2.75, 3.05) is 5.32 Å². The van der Waals surface area contributed by atoms with Crippen molar-refractivity contribution in [3.8, 4) is 17.1 Å². The third-order valence-electron chi connectivity index (χ3n) is 4.69. The molecule has 1 N–H and O–H groups in total. The number of rotatable bonds is 3. The van der Waals surface area contributed by atoms with E-state index in [-0.39, 0.29) is 17.7 Å². The van der Waals surface area contributed by atoms with Crippen LogP contribution in [0, 0.1) is 6.92 Å². The number of nitrogens with one attached hydrogen (secondary N) is 1. The predicted molar refractivity (Wildman–Crippen MR) is 108 cm³/mol. The van der Waals surface area contributed by atoms with Crippen molar-refractivity contribution in [1.29, 1.82) is 0 Å². The molecule has 1 amide bonds. The standard InChI is InChI=1S/C21H17N3O3S/c1-11-3-5-15-19(7-11)28-21(22-15)23-20(25)16-10-18(27-24-16)13-4-6-17-14(9-13)8-12(2)26-17/h3-7,9-10,12H,8H2,1-2H3,(H,22,23,25). The summed E-state index contributed by atoms with van der Waals surface area (Å²) >= 11 is 1.44. The Hall–Kier alpha value is -3.19. The Morgan fingerprint density at radius 1 is 1.21 bits per heavy atom. The molecule has 0 spiro atoms. The van der Waals surface area contributed by atoms with Gasteiger partial charge in [0.15, 0.2) is 16.6 Å². The highest BCUT2D eigenvalue weighted by molar-refractivity contribution is 7.22. The zero-order valence-electron chi connectivity index (χ0n) is 15.4. The number of hydrogen-bond donors (Lipinski definition) is 1. The first-order valence-electron chi connectivity index (χ1n) is 9.00. The number of fused-ring (bicyclic) bond motifs is 2. The van der Waals surface area contributed by atoms with Crippen LogP contribution in [0.1, 0.15) is 28.5 Å². The minimum atomic E-state index is -0.344. The van der Waals surface area contributed by atoms with Gasteiger partial charge in [0, 0.05) is 18.1 Å². The summed E-state index contributed by atoms with van der Waals surface area (Å²) in [5.74, 6) is 1.11. The topological polar surface area (TPSA) is 77.2 Å². The van der Waals surface area contributed by atoms with Crippen molar-refractivity contribution in [2.45, 2.75) is 26.4 Å². The van der Waals surface area contributed by atoms with E-state index in [4.69, 9.17) is 9.26 Å². The highest BCUT2D eigenvalue weighted by atomic mass is 32.1. The molecule has 0 fully saturated rings. The fraction of sp³-hybridized carbons (Fsp3) is 0.190. The van der Waals surface area contributed by atoms with E-state index < -0.39 is 0 Å². The molecule has 1 unspecified atom stereocenters. The van der Waals surface area contributed by atoms with Crippen LogP contribution in [0.3, 0.4) is 0 Å². The van der Waals surface area contributed by atoms with E-state index in [1.54, 1.807) is 6.07 Å². The fourth-order valence-corrected chi connectivity index (χ4v) is 4.30. The summed E-state index contributed by atoms with van der Waals surface area (Å²) in [5.41, 5.74) is 4.25. The largest absolute Gasteiger partial charge is 0.490 e. The van der Waals surface area contributed by atoms with Gasteiger partial charge in [-0.25, -0.2) is 4.98 Å². The van der Waals surface area contributed by atoms with Gasteiger partial charge in [-0.15, -0.1) is 0 Å². The molecule has 0 aliphatic carbocycles. The van der Waals surface area contributed by atoms with Crippen molar-refractivity contribution in [1.82, 2.24) is 10.1 Å². The van der Waals surface area contributed by atoms with E-state index in [1.807, 2.05) is 44.2 Å². The molecule has 0 saturated heterocycles. The lowest BCUT2D eigenvalue weighted by atomic mass is 10.1. The first kappa shape index (κ1) is 16.9. The molecule has 3 heterocycles. The second-order valence-electron chi connectivity index (χ2n) is 6.98. The molecular weight excluding hydrogens is 374 g/mol. The summed E-state index contributed by atoms with van der Waals surface area (Å²) in [5, 5.41) is 7.27. The summed E-state index contributed by atoms with van der Waals surface area (Å²) in [6.07, 6.45) is 1.04. The van der Waals surface area contributed by atoms with E-state index in [2.05, 4.69) is 21.5 Å². The molecule has 28 heavy (non-hydrogen) atoms. The number of thiazole rings is 1. The summed E-state index contributed by atoms with van der Waals surface area (Å²) < 4.78 is 12.2. The normalized spacial score (nSPS) is 15.4. The van der Waals surface area contributed by atoms with Crippen LogP contribution in [0.5, 0.6) is 5.75 Å². The Morgan fingerprint density at radius 3 is 3.00 bits per heavy atom. The van der Waals surface area contributed by atoms with Crippen LogP contribution in [0.2, 0.25) is 0 Å². The average Bonchev–Trinajstić information content (AvgIpc) is 3.37. The highest BCUT2D eigenvalue weighted by Crippen LogP contribution is 2.33. The molecule has 1 atom stereocenters. The number of nitrogens with zero attached hydrogens (tertiary/aromatic N) is 2. The zero-order chi connectivity index (χ0) is 19.3. The number of aromatic nitrogens is 2. The van der Waals surface area contributed by atoms with E-state index in [0.29, 0.717) is 10.9 Å². The first-order valence-corrected chi connectivity index (χ1v) is 9.82. The maximum Gasteiger partial charge on any atom is 0.279 e. The Kier molecular flexibility index (Phi) is 3.91. The maximum absolute atomic E-state index is 12.5. The van der Waals surface area contributed by atoms with Crippen LogP contribution < -0.4 is 10.1 Å². The molecule has 1 aliphatic rings. The second-order valence-corrected chi connectivity index (χ2v) is 8.01. The van der Waals surface area contributed by atoms with Crippen LogP contribution in [-0.2, 0) is 6.42 Å². The van der Waals surface area contributed by atoms with Gasteiger partial charge in [0.2, 0.25) is 0 Å². The summed E-state index contributed by atoms with van der Waals surface area (Å²) in [7, 11) is 0. The van der Waals surface area contributed by atoms with Crippen LogP contribution in [-0.4, -0.2) is 22.2 Å². The molecule has 1 aliphatic heterocycles. The molecule has 5 rings (SSSR count). The third kappa shape index (κ3) is 3.03. The quantitative estimate of drug-likeness (QED) is 0.541. The lowest BCUT2D eigenvalue weighted by Crippen LogP contribution is -2.11. The van der Waals surface area contributed by atoms with E-state index in [1.165, 1.54) is 11.3 Å². The number of amides is 1. The molecule has 6 nitrogen and oxygen atoms in total. The summed E-state index contributed by atoms with van der Waals surface area (Å²) in [6.45, 7) is 4.07. The van der Waals surface area contributed by atoms with Gasteiger partial charge in [-0.3, -0.25) is 10.1 Å². The number of benzene rings is 2. The minimum Gasteiger partial charge on any atom is -0.490 e. The monoisotopic (exact) mass is 391 g/mol. The smallest absolute Gasteiger partial charge is 0.279 e. The minimum absolute atomic E-state index is 0.180. The molecule has 7 heteroatoms. The Morgan fingerprint density at radius 2 is 2.11 bits per heavy atom. The van der Waals surface area contributed by atoms with Crippen molar-refractivity contribution in [3.05, 3.63) is 59.3 Å². The predicted octanol–water partition coefficient (Wildman–Crippen LogP) is 4.84. The van der Waals surface area contributed by atoms with Gasteiger partial charge >= 0.3 is 0 Å². The Bertz CT molecular complexity index is 1210. The van der Waals surface area contributed by atoms with Gasteiger partial charge in [-0.1, -0.05) is 22.6 Å². The summed E-state index contributed by atoms with van der Waals surface area (Å²) in [4.78, 5) is 17.0. The number of ether oxygens (including phenoxy) is 1. The molecule has 2 aromatic carbocycles. The molecule has 0 radical (unpaired) electrons. The number of carbonyl (C=O) groups excluding carboxylic acids is 1. The van der Waals surface area contributed by atoms with Crippen LogP contribution in [0.25, 0.3) is 21.5 Å². The summed E-state index contributed by atoms with van der Waals surface area (Å²) in [6, 6.07) is 13.5. The van der Waals surface area contributed by atoms with Crippen LogP contribution >= 0.6 is 11.3 Å². The van der Waals surface area contributed by atoms with Crippen LogP contribution in [0.15, 0.2) is 47.0 Å². The molecule has 2 aromatic heterocycles. The van der Waals surface area contributed by atoms with Crippen molar-refractivity contribution in [2.24, 2.45) is 0 Å². The average molecular weight is 391 g/mol. The molecule has 0 saturated carbocycles. The first-order chi connectivity index (χ1) is 13.5. The lowest BCUT2D eigenvalue weighted by Gasteiger charge is -2.02. The van der Waals surface area contributed by atoms with Gasteiger partial charge in [-0.2, -0.15) is 0 Å². The van der Waals surface area contributed by atoms with Crippen LogP contribution in [0.4, 0.5) is 5.13 Å². The number of anilines is 1. The molecular formula is C21H17N3O3S.